The first-order valence-electron chi connectivity index (χ1n) is 9.20. The number of fused-ring (bicyclic) bond motifs is 3. The molecule has 0 spiro atoms. The minimum absolute atomic E-state index is 0.374. The molecule has 6 heteroatoms. The van der Waals surface area contributed by atoms with Crippen LogP contribution in [0.4, 0.5) is 0 Å². The Morgan fingerprint density at radius 2 is 1.72 bits per heavy atom. The van der Waals surface area contributed by atoms with Crippen molar-refractivity contribution in [2.24, 2.45) is 0 Å². The largest absolute Gasteiger partial charge is 0.450 e. The van der Waals surface area contributed by atoms with Gasteiger partial charge in [0.2, 0.25) is 0 Å². The summed E-state index contributed by atoms with van der Waals surface area (Å²) in [6.45, 7) is 7.27. The third-order valence-electron chi connectivity index (χ3n) is 4.79. The predicted octanol–water partition coefficient (Wildman–Crippen LogP) is 5.34. The van der Waals surface area contributed by atoms with Crippen LogP contribution in [0.2, 0.25) is 0 Å². The molecule has 3 aromatic rings. The van der Waals surface area contributed by atoms with Crippen LogP contribution < -0.4 is 10.4 Å². The summed E-state index contributed by atoms with van der Waals surface area (Å²) in [6, 6.07) is 13.3. The Hall–Kier alpha value is -2.99. The number of rotatable bonds is 3. The second-order valence-electron chi connectivity index (χ2n) is 7.09. The van der Waals surface area contributed by atoms with Crippen LogP contribution >= 0.6 is 11.8 Å². The summed E-state index contributed by atoms with van der Waals surface area (Å²) in [5.41, 5.74) is 3.97. The van der Waals surface area contributed by atoms with Gasteiger partial charge in [-0.05, 0) is 62.2 Å². The van der Waals surface area contributed by atoms with Crippen molar-refractivity contribution in [1.29, 1.82) is 0 Å². The van der Waals surface area contributed by atoms with Crippen LogP contribution in [0, 0.1) is 20.8 Å². The Morgan fingerprint density at radius 1 is 1.03 bits per heavy atom. The third kappa shape index (κ3) is 3.80. The van der Waals surface area contributed by atoms with Gasteiger partial charge in [0.1, 0.15) is 5.75 Å². The monoisotopic (exact) mass is 408 g/mol. The standard InChI is InChI=1S/C23H20O5S/c1-12-5-7-16(8-6-12)29-20-11-18-21(28-22(20)25)17-9-13(2)14(3)10-19(17)27-23(18)26-15(4)24/h5-11,23H,1-4H3. The topological polar surface area (TPSA) is 65.7 Å². The lowest BCUT2D eigenvalue weighted by atomic mass is 9.98. The first-order chi connectivity index (χ1) is 13.8. The lowest BCUT2D eigenvalue weighted by molar-refractivity contribution is -0.162. The van der Waals surface area contributed by atoms with Crippen molar-refractivity contribution in [2.75, 3.05) is 0 Å². The summed E-state index contributed by atoms with van der Waals surface area (Å²) in [5.74, 6) is 0.417. The van der Waals surface area contributed by atoms with Crippen molar-refractivity contribution in [3.63, 3.8) is 0 Å². The number of carbonyl (C=O) groups is 1. The molecule has 0 radical (unpaired) electrons. The van der Waals surface area contributed by atoms with Gasteiger partial charge < -0.3 is 13.9 Å². The van der Waals surface area contributed by atoms with Crippen LogP contribution in [0.3, 0.4) is 0 Å². The first-order valence-corrected chi connectivity index (χ1v) is 10.0. The van der Waals surface area contributed by atoms with E-state index in [0.29, 0.717) is 27.5 Å². The average molecular weight is 408 g/mol. The van der Waals surface area contributed by atoms with E-state index < -0.39 is 17.9 Å². The minimum atomic E-state index is -0.973. The van der Waals surface area contributed by atoms with E-state index >= 15 is 0 Å². The van der Waals surface area contributed by atoms with E-state index in [2.05, 4.69) is 0 Å². The zero-order valence-corrected chi connectivity index (χ0v) is 17.4. The maximum atomic E-state index is 12.7. The van der Waals surface area contributed by atoms with Crippen LogP contribution in [0.25, 0.3) is 11.3 Å². The highest BCUT2D eigenvalue weighted by molar-refractivity contribution is 7.99. The normalized spacial score (nSPS) is 14.6. The predicted molar refractivity (Wildman–Crippen MR) is 110 cm³/mol. The number of ether oxygens (including phenoxy) is 2. The lowest BCUT2D eigenvalue weighted by Gasteiger charge is -2.27. The van der Waals surface area contributed by atoms with Gasteiger partial charge in [-0.15, -0.1) is 0 Å². The molecule has 29 heavy (non-hydrogen) atoms. The molecule has 0 bridgehead atoms. The molecule has 1 atom stereocenters. The van der Waals surface area contributed by atoms with Crippen LogP contribution in [-0.2, 0) is 9.53 Å². The third-order valence-corrected chi connectivity index (χ3v) is 5.81. The Morgan fingerprint density at radius 3 is 2.41 bits per heavy atom. The van der Waals surface area contributed by atoms with Crippen LogP contribution in [0.5, 0.6) is 5.75 Å². The molecule has 5 nitrogen and oxygen atoms in total. The number of carbonyl (C=O) groups excluding carboxylic acids is 1. The van der Waals surface area contributed by atoms with Gasteiger partial charge in [0.25, 0.3) is 6.29 Å². The molecule has 1 aliphatic rings. The Bertz CT molecular complexity index is 1160. The molecule has 2 heterocycles. The van der Waals surface area contributed by atoms with Crippen molar-refractivity contribution >= 4 is 17.7 Å². The van der Waals surface area contributed by atoms with E-state index in [1.807, 2.05) is 57.2 Å². The van der Waals surface area contributed by atoms with Gasteiger partial charge >= 0.3 is 11.6 Å². The van der Waals surface area contributed by atoms with Crippen LogP contribution in [0.15, 0.2) is 61.5 Å². The SMILES string of the molecule is CC(=O)OC1Oc2cc(C)c(C)cc2-c2oc(=O)c(Sc3ccc(C)cc3)cc21. The van der Waals surface area contributed by atoms with Gasteiger partial charge in [-0.3, -0.25) is 4.79 Å². The summed E-state index contributed by atoms with van der Waals surface area (Å²) >= 11 is 1.30. The van der Waals surface area contributed by atoms with E-state index in [-0.39, 0.29) is 0 Å². The summed E-state index contributed by atoms with van der Waals surface area (Å²) in [6.07, 6.45) is -0.973. The van der Waals surface area contributed by atoms with Crippen LogP contribution in [0.1, 0.15) is 35.5 Å². The van der Waals surface area contributed by atoms with Gasteiger partial charge in [-0.2, -0.15) is 0 Å². The second-order valence-corrected chi connectivity index (χ2v) is 8.20. The number of benzene rings is 2. The molecule has 148 valence electrons. The second kappa shape index (κ2) is 7.44. The zero-order valence-electron chi connectivity index (χ0n) is 16.6. The molecule has 0 saturated heterocycles. The summed E-state index contributed by atoms with van der Waals surface area (Å²) in [4.78, 5) is 25.7. The van der Waals surface area contributed by atoms with Crippen molar-refractivity contribution in [1.82, 2.24) is 0 Å². The molecule has 0 N–H and O–H groups in total. The maximum absolute atomic E-state index is 12.7. The Labute approximate surface area is 172 Å². The highest BCUT2D eigenvalue weighted by atomic mass is 32.2. The summed E-state index contributed by atoms with van der Waals surface area (Å²) in [5, 5.41) is 0. The number of hydrogen-bond acceptors (Lipinski definition) is 6. The maximum Gasteiger partial charge on any atom is 0.350 e. The van der Waals surface area contributed by atoms with Gasteiger partial charge in [-0.25, -0.2) is 4.79 Å². The highest BCUT2D eigenvalue weighted by Crippen LogP contribution is 2.44. The van der Waals surface area contributed by atoms with E-state index in [1.54, 1.807) is 6.07 Å². The molecule has 1 aromatic heterocycles. The van der Waals surface area contributed by atoms with Gasteiger partial charge in [-0.1, -0.05) is 29.5 Å². The van der Waals surface area contributed by atoms with E-state index in [0.717, 1.165) is 21.6 Å². The number of hydrogen-bond donors (Lipinski definition) is 0. The molecule has 4 rings (SSSR count). The summed E-state index contributed by atoms with van der Waals surface area (Å²) < 4.78 is 17.0. The van der Waals surface area contributed by atoms with Gasteiger partial charge in [0.05, 0.1) is 16.0 Å². The minimum Gasteiger partial charge on any atom is -0.450 e. The fourth-order valence-corrected chi connectivity index (χ4v) is 3.98. The van der Waals surface area contributed by atoms with Crippen molar-refractivity contribution < 1.29 is 18.7 Å². The number of esters is 1. The Kier molecular flexibility index (Phi) is 4.96. The average Bonchev–Trinajstić information content (AvgIpc) is 2.66. The Balaban J connectivity index is 1.84. The van der Waals surface area contributed by atoms with Crippen molar-refractivity contribution in [2.45, 2.75) is 43.8 Å². The fourth-order valence-electron chi connectivity index (χ4n) is 3.14. The van der Waals surface area contributed by atoms with E-state index in [1.165, 1.54) is 18.7 Å². The number of aryl methyl sites for hydroxylation is 3. The van der Waals surface area contributed by atoms with E-state index in [9.17, 15) is 9.59 Å². The van der Waals surface area contributed by atoms with Crippen LogP contribution in [-0.4, -0.2) is 5.97 Å². The highest BCUT2D eigenvalue weighted by Gasteiger charge is 2.32. The lowest BCUT2D eigenvalue weighted by Crippen LogP contribution is -2.21. The molecule has 0 amide bonds. The van der Waals surface area contributed by atoms with Gasteiger partial charge in [0.15, 0.2) is 5.76 Å². The molecule has 1 aliphatic heterocycles. The van der Waals surface area contributed by atoms with Crippen molar-refractivity contribution in [3.05, 3.63) is 75.1 Å². The molecule has 2 aromatic carbocycles. The molecular weight excluding hydrogens is 388 g/mol. The zero-order chi connectivity index (χ0) is 20.7. The summed E-state index contributed by atoms with van der Waals surface area (Å²) in [7, 11) is 0. The molecule has 0 aliphatic carbocycles. The van der Waals surface area contributed by atoms with E-state index in [4.69, 9.17) is 13.9 Å². The van der Waals surface area contributed by atoms with Gasteiger partial charge in [0, 0.05) is 11.8 Å². The van der Waals surface area contributed by atoms with Crippen molar-refractivity contribution in [3.8, 4) is 17.1 Å². The molecule has 1 unspecified atom stereocenters. The fraction of sp³-hybridized carbons (Fsp3) is 0.217. The molecule has 0 fully saturated rings. The smallest absolute Gasteiger partial charge is 0.350 e. The molecular formula is C23H20O5S. The molecule has 0 saturated carbocycles. The first kappa shape index (κ1) is 19.3. The quantitative estimate of drug-likeness (QED) is 0.545.